The first-order chi connectivity index (χ1) is 13.2. The van der Waals surface area contributed by atoms with Crippen LogP contribution in [-0.4, -0.2) is 15.9 Å². The lowest BCUT2D eigenvalue weighted by Crippen LogP contribution is -2.13. The molecule has 3 rings (SSSR count). The second kappa shape index (κ2) is 7.67. The van der Waals surface area contributed by atoms with Gasteiger partial charge >= 0.3 is 6.18 Å². The number of carbonyl (C=O) groups excluding carboxylic acids is 1. The van der Waals surface area contributed by atoms with Gasteiger partial charge < -0.3 is 10.6 Å². The van der Waals surface area contributed by atoms with Gasteiger partial charge in [0, 0.05) is 23.8 Å². The Labute approximate surface area is 159 Å². The molecule has 3 aromatic rings. The number of benzene rings is 2. The highest BCUT2D eigenvalue weighted by Crippen LogP contribution is 2.30. The molecule has 0 fully saturated rings. The van der Waals surface area contributed by atoms with Crippen LogP contribution in [0.2, 0.25) is 0 Å². The monoisotopic (exact) mass is 386 g/mol. The molecule has 8 heteroatoms. The van der Waals surface area contributed by atoms with E-state index in [2.05, 4.69) is 20.6 Å². The molecule has 28 heavy (non-hydrogen) atoms. The average Bonchev–Trinajstić information content (AvgIpc) is 2.61. The molecular weight excluding hydrogens is 369 g/mol. The van der Waals surface area contributed by atoms with E-state index in [9.17, 15) is 18.0 Å². The standard InChI is InChI=1S/C20H17F3N4O/c1-12-7-13(2)9-17(8-12)26-18(28)14-10-24-19(25-11-14)27-16-5-3-15(4-6-16)20(21,22)23/h3-11H,1-2H3,(H,26,28)(H,24,25,27). The minimum atomic E-state index is -4.39. The summed E-state index contributed by atoms with van der Waals surface area (Å²) in [6, 6.07) is 10.2. The maximum Gasteiger partial charge on any atom is 0.416 e. The Kier molecular flexibility index (Phi) is 5.30. The van der Waals surface area contributed by atoms with Crippen LogP contribution in [0.3, 0.4) is 0 Å². The van der Waals surface area contributed by atoms with Crippen LogP contribution in [0.1, 0.15) is 27.0 Å². The van der Waals surface area contributed by atoms with Crippen LogP contribution in [-0.2, 0) is 6.18 Å². The molecule has 0 aliphatic rings. The predicted molar refractivity (Wildman–Crippen MR) is 101 cm³/mol. The van der Waals surface area contributed by atoms with E-state index in [1.165, 1.54) is 24.5 Å². The molecule has 0 bridgehead atoms. The fourth-order valence-corrected chi connectivity index (χ4v) is 2.63. The SMILES string of the molecule is Cc1cc(C)cc(NC(=O)c2cnc(Nc3ccc(C(F)(F)F)cc3)nc2)c1. The van der Waals surface area contributed by atoms with Crippen LogP contribution in [0.15, 0.2) is 54.9 Å². The summed E-state index contributed by atoms with van der Waals surface area (Å²) in [6.07, 6.45) is -1.70. The Hall–Kier alpha value is -3.42. The Bertz CT molecular complexity index is 964. The van der Waals surface area contributed by atoms with E-state index >= 15 is 0 Å². The Balaban J connectivity index is 1.66. The first kappa shape index (κ1) is 19.3. The smallest absolute Gasteiger partial charge is 0.324 e. The zero-order chi connectivity index (χ0) is 20.3. The third-order valence-electron chi connectivity index (χ3n) is 3.86. The molecule has 1 amide bonds. The highest BCUT2D eigenvalue weighted by atomic mass is 19.4. The van der Waals surface area contributed by atoms with Gasteiger partial charge in [0.25, 0.3) is 5.91 Å². The summed E-state index contributed by atoms with van der Waals surface area (Å²) in [7, 11) is 0. The van der Waals surface area contributed by atoms with Crippen LogP contribution in [0.4, 0.5) is 30.5 Å². The van der Waals surface area contributed by atoms with Crippen LogP contribution in [0.5, 0.6) is 0 Å². The van der Waals surface area contributed by atoms with Crippen molar-refractivity contribution in [2.24, 2.45) is 0 Å². The summed E-state index contributed by atoms with van der Waals surface area (Å²) in [6.45, 7) is 3.88. The molecule has 0 aliphatic carbocycles. The van der Waals surface area contributed by atoms with E-state index < -0.39 is 11.7 Å². The maximum atomic E-state index is 12.6. The third-order valence-corrected chi connectivity index (χ3v) is 3.86. The zero-order valence-electron chi connectivity index (χ0n) is 15.1. The number of rotatable bonds is 4. The first-order valence-corrected chi connectivity index (χ1v) is 8.37. The number of halogens is 3. The number of hydrogen-bond donors (Lipinski definition) is 2. The highest BCUT2D eigenvalue weighted by molar-refractivity contribution is 6.04. The van der Waals surface area contributed by atoms with Crippen molar-refractivity contribution >= 4 is 23.2 Å². The lowest BCUT2D eigenvalue weighted by Gasteiger charge is -2.09. The van der Waals surface area contributed by atoms with Gasteiger partial charge in [-0.1, -0.05) is 6.07 Å². The number of alkyl halides is 3. The number of anilines is 3. The molecule has 1 heterocycles. The van der Waals surface area contributed by atoms with Crippen molar-refractivity contribution in [2.45, 2.75) is 20.0 Å². The van der Waals surface area contributed by atoms with Gasteiger partial charge in [0.2, 0.25) is 5.95 Å². The zero-order valence-corrected chi connectivity index (χ0v) is 15.1. The van der Waals surface area contributed by atoms with Gasteiger partial charge in [-0.2, -0.15) is 13.2 Å². The second-order valence-corrected chi connectivity index (χ2v) is 6.33. The average molecular weight is 386 g/mol. The van der Waals surface area contributed by atoms with Gasteiger partial charge in [-0.15, -0.1) is 0 Å². The third kappa shape index (κ3) is 4.85. The van der Waals surface area contributed by atoms with Crippen LogP contribution >= 0.6 is 0 Å². The molecule has 0 aliphatic heterocycles. The number of nitrogens with one attached hydrogen (secondary N) is 2. The molecule has 0 saturated carbocycles. The first-order valence-electron chi connectivity index (χ1n) is 8.37. The summed E-state index contributed by atoms with van der Waals surface area (Å²) in [5.41, 5.74) is 2.66. The largest absolute Gasteiger partial charge is 0.416 e. The molecule has 5 nitrogen and oxygen atoms in total. The minimum Gasteiger partial charge on any atom is -0.324 e. The van der Waals surface area contributed by atoms with E-state index in [1.807, 2.05) is 32.0 Å². The Morgan fingerprint density at radius 1 is 0.893 bits per heavy atom. The lowest BCUT2D eigenvalue weighted by molar-refractivity contribution is -0.137. The van der Waals surface area contributed by atoms with E-state index in [-0.39, 0.29) is 17.4 Å². The van der Waals surface area contributed by atoms with E-state index in [4.69, 9.17) is 0 Å². The molecule has 0 atom stereocenters. The Morgan fingerprint density at radius 2 is 1.46 bits per heavy atom. The molecule has 0 unspecified atom stereocenters. The molecule has 0 saturated heterocycles. The van der Waals surface area contributed by atoms with Crippen molar-refractivity contribution in [1.82, 2.24) is 9.97 Å². The predicted octanol–water partition coefficient (Wildman–Crippen LogP) is 5.11. The summed E-state index contributed by atoms with van der Waals surface area (Å²) in [4.78, 5) is 20.4. The molecule has 2 aromatic carbocycles. The summed E-state index contributed by atoms with van der Waals surface area (Å²) >= 11 is 0. The van der Waals surface area contributed by atoms with Gasteiger partial charge in [0.15, 0.2) is 0 Å². The van der Waals surface area contributed by atoms with Crippen molar-refractivity contribution in [2.75, 3.05) is 10.6 Å². The van der Waals surface area contributed by atoms with Gasteiger partial charge in [-0.05, 0) is 61.4 Å². The molecule has 144 valence electrons. The van der Waals surface area contributed by atoms with Crippen molar-refractivity contribution < 1.29 is 18.0 Å². The number of amides is 1. The summed E-state index contributed by atoms with van der Waals surface area (Å²) in [5.74, 6) is -0.186. The Morgan fingerprint density at radius 3 is 2.00 bits per heavy atom. The van der Waals surface area contributed by atoms with Crippen LogP contribution < -0.4 is 10.6 Å². The fraction of sp³-hybridized carbons (Fsp3) is 0.150. The van der Waals surface area contributed by atoms with E-state index in [0.29, 0.717) is 11.4 Å². The number of aromatic nitrogens is 2. The molecule has 2 N–H and O–H groups in total. The van der Waals surface area contributed by atoms with Crippen LogP contribution in [0.25, 0.3) is 0 Å². The van der Waals surface area contributed by atoms with Gasteiger partial charge in [-0.25, -0.2) is 9.97 Å². The van der Waals surface area contributed by atoms with Gasteiger partial charge in [0.1, 0.15) is 0 Å². The summed E-state index contributed by atoms with van der Waals surface area (Å²) < 4.78 is 37.8. The topological polar surface area (TPSA) is 66.9 Å². The van der Waals surface area contributed by atoms with E-state index in [1.54, 1.807) is 0 Å². The van der Waals surface area contributed by atoms with Crippen molar-refractivity contribution in [3.63, 3.8) is 0 Å². The summed E-state index contributed by atoms with van der Waals surface area (Å²) in [5, 5.41) is 5.58. The molecule has 0 radical (unpaired) electrons. The van der Waals surface area contributed by atoms with Crippen molar-refractivity contribution in [1.29, 1.82) is 0 Å². The molecule has 0 spiro atoms. The lowest BCUT2D eigenvalue weighted by atomic mass is 10.1. The van der Waals surface area contributed by atoms with Gasteiger partial charge in [-0.3, -0.25) is 4.79 Å². The maximum absolute atomic E-state index is 12.6. The number of hydrogen-bond acceptors (Lipinski definition) is 4. The van der Waals surface area contributed by atoms with E-state index in [0.717, 1.165) is 23.3 Å². The fourth-order valence-electron chi connectivity index (χ4n) is 2.63. The molecule has 1 aromatic heterocycles. The number of carbonyl (C=O) groups is 1. The molecular formula is C20H17F3N4O. The quantitative estimate of drug-likeness (QED) is 0.654. The number of aryl methyl sites for hydroxylation is 2. The second-order valence-electron chi connectivity index (χ2n) is 6.33. The van der Waals surface area contributed by atoms with Crippen molar-refractivity contribution in [3.8, 4) is 0 Å². The van der Waals surface area contributed by atoms with Gasteiger partial charge in [0.05, 0.1) is 11.1 Å². The normalized spacial score (nSPS) is 11.2. The van der Waals surface area contributed by atoms with Crippen LogP contribution in [0, 0.1) is 13.8 Å². The number of nitrogens with zero attached hydrogens (tertiary/aromatic N) is 2. The van der Waals surface area contributed by atoms with Crippen molar-refractivity contribution in [3.05, 3.63) is 77.1 Å². The highest BCUT2D eigenvalue weighted by Gasteiger charge is 2.29. The minimum absolute atomic E-state index is 0.169.